The number of rotatable bonds is 3. The number of carbonyl (C=O) groups is 1. The van der Waals surface area contributed by atoms with Gasteiger partial charge in [-0.15, -0.1) is 0 Å². The van der Waals surface area contributed by atoms with E-state index in [1.54, 1.807) is 0 Å². The number of nitrogen functional groups attached to an aromatic ring is 2. The molecule has 0 amide bonds. The Morgan fingerprint density at radius 2 is 2.05 bits per heavy atom. The fourth-order valence-corrected chi connectivity index (χ4v) is 2.29. The third-order valence-electron chi connectivity index (χ3n) is 3.12. The Labute approximate surface area is 111 Å². The monoisotopic (exact) mass is 266 g/mol. The SMILES string of the molecule is COC(=O)C1CCCN(Cc2nc(N)nc(N)n2)C1. The molecule has 1 aromatic rings. The molecule has 1 saturated heterocycles. The van der Waals surface area contributed by atoms with E-state index in [9.17, 15) is 4.79 Å². The molecule has 1 unspecified atom stereocenters. The van der Waals surface area contributed by atoms with E-state index >= 15 is 0 Å². The lowest BCUT2D eigenvalue weighted by molar-refractivity contribution is -0.147. The first kappa shape index (κ1) is 13.5. The Balaban J connectivity index is 2.00. The van der Waals surface area contributed by atoms with Gasteiger partial charge >= 0.3 is 5.97 Å². The maximum atomic E-state index is 11.5. The molecule has 19 heavy (non-hydrogen) atoms. The maximum absolute atomic E-state index is 11.5. The standard InChI is InChI=1S/C11H18N6O2/c1-19-9(18)7-3-2-4-17(5-7)6-8-14-10(12)16-11(13)15-8/h7H,2-6H2,1H3,(H4,12,13,14,15,16). The van der Waals surface area contributed by atoms with E-state index in [-0.39, 0.29) is 23.8 Å². The first-order valence-electron chi connectivity index (χ1n) is 6.14. The largest absolute Gasteiger partial charge is 0.469 e. The van der Waals surface area contributed by atoms with Crippen molar-refractivity contribution in [3.63, 3.8) is 0 Å². The lowest BCUT2D eigenvalue weighted by Gasteiger charge is -2.30. The Kier molecular flexibility index (Phi) is 4.10. The number of carbonyl (C=O) groups excluding carboxylic acids is 1. The van der Waals surface area contributed by atoms with Crippen LogP contribution < -0.4 is 11.5 Å². The second-order valence-corrected chi connectivity index (χ2v) is 4.57. The van der Waals surface area contributed by atoms with E-state index in [0.717, 1.165) is 19.4 Å². The number of piperidine rings is 1. The number of hydrogen-bond donors (Lipinski definition) is 2. The van der Waals surface area contributed by atoms with Crippen molar-refractivity contribution in [2.75, 3.05) is 31.7 Å². The van der Waals surface area contributed by atoms with Crippen molar-refractivity contribution in [2.45, 2.75) is 19.4 Å². The molecule has 0 saturated carbocycles. The predicted octanol–water partition coefficient (Wildman–Crippen LogP) is -0.579. The van der Waals surface area contributed by atoms with Gasteiger partial charge in [-0.05, 0) is 19.4 Å². The number of nitrogens with two attached hydrogens (primary N) is 2. The molecule has 0 bridgehead atoms. The zero-order chi connectivity index (χ0) is 13.8. The van der Waals surface area contributed by atoms with E-state index in [1.807, 2.05) is 0 Å². The first-order valence-corrected chi connectivity index (χ1v) is 6.14. The van der Waals surface area contributed by atoms with Gasteiger partial charge in [0.1, 0.15) is 5.82 Å². The minimum Gasteiger partial charge on any atom is -0.469 e. The lowest BCUT2D eigenvalue weighted by Crippen LogP contribution is -2.39. The average molecular weight is 266 g/mol. The van der Waals surface area contributed by atoms with Crippen LogP contribution in [0.2, 0.25) is 0 Å². The normalized spacial score (nSPS) is 20.2. The molecule has 104 valence electrons. The Bertz CT molecular complexity index is 446. The minimum atomic E-state index is -0.167. The number of likely N-dealkylation sites (tertiary alicyclic amines) is 1. The van der Waals surface area contributed by atoms with Gasteiger partial charge in [0.15, 0.2) is 0 Å². The summed E-state index contributed by atoms with van der Waals surface area (Å²) in [5.41, 5.74) is 11.1. The summed E-state index contributed by atoms with van der Waals surface area (Å²) in [5.74, 6) is 0.498. The number of methoxy groups -OCH3 is 1. The van der Waals surface area contributed by atoms with Gasteiger partial charge in [-0.2, -0.15) is 15.0 Å². The van der Waals surface area contributed by atoms with Gasteiger partial charge in [0.2, 0.25) is 11.9 Å². The van der Waals surface area contributed by atoms with Crippen molar-refractivity contribution in [3.05, 3.63) is 5.82 Å². The van der Waals surface area contributed by atoms with Crippen LogP contribution in [-0.2, 0) is 16.1 Å². The van der Waals surface area contributed by atoms with E-state index in [0.29, 0.717) is 18.9 Å². The molecule has 1 aliphatic heterocycles. The van der Waals surface area contributed by atoms with Crippen molar-refractivity contribution >= 4 is 17.9 Å². The summed E-state index contributed by atoms with van der Waals surface area (Å²) in [5, 5.41) is 0. The number of hydrogen-bond acceptors (Lipinski definition) is 8. The molecular formula is C11H18N6O2. The Morgan fingerprint density at radius 1 is 1.37 bits per heavy atom. The summed E-state index contributed by atoms with van der Waals surface area (Å²) in [4.78, 5) is 25.4. The van der Waals surface area contributed by atoms with Gasteiger partial charge < -0.3 is 16.2 Å². The van der Waals surface area contributed by atoms with Gasteiger partial charge in [0.05, 0.1) is 19.6 Å². The third kappa shape index (κ3) is 3.50. The molecule has 1 atom stereocenters. The smallest absolute Gasteiger partial charge is 0.309 e. The van der Waals surface area contributed by atoms with Crippen molar-refractivity contribution in [1.82, 2.24) is 19.9 Å². The van der Waals surface area contributed by atoms with Crippen molar-refractivity contribution in [2.24, 2.45) is 5.92 Å². The molecule has 1 aromatic heterocycles. The van der Waals surface area contributed by atoms with Gasteiger partial charge in [-0.3, -0.25) is 9.69 Å². The quantitative estimate of drug-likeness (QED) is 0.697. The average Bonchev–Trinajstić information content (AvgIpc) is 2.37. The lowest BCUT2D eigenvalue weighted by atomic mass is 9.98. The molecule has 8 heteroatoms. The summed E-state index contributed by atoms with van der Waals surface area (Å²) in [6, 6.07) is 0. The Hall–Kier alpha value is -1.96. The molecule has 0 aliphatic carbocycles. The van der Waals surface area contributed by atoms with E-state index in [4.69, 9.17) is 16.2 Å². The number of nitrogens with zero attached hydrogens (tertiary/aromatic N) is 4. The van der Waals surface area contributed by atoms with Crippen LogP contribution in [0.25, 0.3) is 0 Å². The van der Waals surface area contributed by atoms with Gasteiger partial charge in [-0.25, -0.2) is 0 Å². The van der Waals surface area contributed by atoms with Crippen molar-refractivity contribution < 1.29 is 9.53 Å². The number of aromatic nitrogens is 3. The molecule has 4 N–H and O–H groups in total. The molecule has 1 fully saturated rings. The minimum absolute atomic E-state index is 0.0877. The van der Waals surface area contributed by atoms with E-state index in [2.05, 4.69) is 19.9 Å². The molecule has 1 aliphatic rings. The Morgan fingerprint density at radius 3 is 2.68 bits per heavy atom. The van der Waals surface area contributed by atoms with Crippen molar-refractivity contribution in [1.29, 1.82) is 0 Å². The van der Waals surface area contributed by atoms with Gasteiger partial charge in [0, 0.05) is 6.54 Å². The zero-order valence-corrected chi connectivity index (χ0v) is 10.9. The van der Waals surface area contributed by atoms with Crippen molar-refractivity contribution in [3.8, 4) is 0 Å². The van der Waals surface area contributed by atoms with Crippen LogP contribution >= 0.6 is 0 Å². The summed E-state index contributed by atoms with van der Waals surface area (Å²) < 4.78 is 4.78. The topological polar surface area (TPSA) is 120 Å². The first-order chi connectivity index (χ1) is 9.08. The van der Waals surface area contributed by atoms with Gasteiger partial charge in [-0.1, -0.05) is 0 Å². The van der Waals surface area contributed by atoms with Crippen LogP contribution in [0.4, 0.5) is 11.9 Å². The summed E-state index contributed by atoms with van der Waals surface area (Å²) in [6.45, 7) is 2.03. The van der Waals surface area contributed by atoms with Crippen LogP contribution in [0.15, 0.2) is 0 Å². The molecule has 8 nitrogen and oxygen atoms in total. The van der Waals surface area contributed by atoms with Crippen LogP contribution in [0.3, 0.4) is 0 Å². The fraction of sp³-hybridized carbons (Fsp3) is 0.636. The van der Waals surface area contributed by atoms with Crippen LogP contribution in [0.5, 0.6) is 0 Å². The van der Waals surface area contributed by atoms with E-state index in [1.165, 1.54) is 7.11 Å². The predicted molar refractivity (Wildman–Crippen MR) is 68.7 cm³/mol. The highest BCUT2D eigenvalue weighted by Gasteiger charge is 2.26. The molecule has 0 radical (unpaired) electrons. The fourth-order valence-electron chi connectivity index (χ4n) is 2.29. The maximum Gasteiger partial charge on any atom is 0.309 e. The number of esters is 1. The van der Waals surface area contributed by atoms with Crippen LogP contribution in [0.1, 0.15) is 18.7 Å². The van der Waals surface area contributed by atoms with E-state index < -0.39 is 0 Å². The third-order valence-corrected chi connectivity index (χ3v) is 3.12. The highest BCUT2D eigenvalue weighted by Crippen LogP contribution is 2.19. The van der Waals surface area contributed by atoms with Gasteiger partial charge in [0.25, 0.3) is 0 Å². The highest BCUT2D eigenvalue weighted by molar-refractivity contribution is 5.72. The zero-order valence-electron chi connectivity index (χ0n) is 10.9. The second kappa shape index (κ2) is 5.79. The molecule has 2 heterocycles. The highest BCUT2D eigenvalue weighted by atomic mass is 16.5. The number of ether oxygens (including phenoxy) is 1. The number of anilines is 2. The summed E-state index contributed by atoms with van der Waals surface area (Å²) in [7, 11) is 1.41. The summed E-state index contributed by atoms with van der Waals surface area (Å²) in [6.07, 6.45) is 1.79. The summed E-state index contributed by atoms with van der Waals surface area (Å²) >= 11 is 0. The second-order valence-electron chi connectivity index (χ2n) is 4.57. The molecule has 0 aromatic carbocycles. The molecule has 2 rings (SSSR count). The molecule has 0 spiro atoms. The molecular weight excluding hydrogens is 248 g/mol. The van der Waals surface area contributed by atoms with Crippen LogP contribution in [0, 0.1) is 5.92 Å². The van der Waals surface area contributed by atoms with Crippen LogP contribution in [-0.4, -0.2) is 46.0 Å².